The van der Waals surface area contributed by atoms with E-state index in [1.54, 1.807) is 0 Å². The Hall–Kier alpha value is -0.370. The van der Waals surface area contributed by atoms with E-state index in [9.17, 15) is 17.6 Å². The van der Waals surface area contributed by atoms with Crippen LogP contribution < -0.4 is 0 Å². The summed E-state index contributed by atoms with van der Waals surface area (Å²) >= 11 is 0. The first kappa shape index (κ1) is 12.3. The molecule has 0 rings (SSSR count). The minimum Gasteiger partial charge on any atom is -0.279 e. The molecule has 8 heteroatoms. The van der Waals surface area contributed by atoms with Crippen LogP contribution in [-0.4, -0.2) is 25.7 Å². The number of hydrogen-bond acceptors (Lipinski definition) is 2. The molecule has 0 fully saturated rings. The van der Waals surface area contributed by atoms with Crippen LogP contribution in [0.25, 0.3) is 0 Å². The molecular weight excluding hydrogens is 180 g/mol. The standard InChI is InChI=1S/CHF3O3S.CH3F/c2-1(3,4)8(5,6)7;1-2/h(H,5,6,7);1H3. The molecule has 0 aliphatic rings. The van der Waals surface area contributed by atoms with E-state index in [4.69, 9.17) is 13.0 Å². The molecule has 0 spiro atoms. The molecule has 0 aliphatic carbocycles. The second kappa shape index (κ2) is 3.71. The van der Waals surface area contributed by atoms with Crippen molar-refractivity contribution in [3.63, 3.8) is 0 Å². The fourth-order valence-corrected chi connectivity index (χ4v) is 0. The van der Waals surface area contributed by atoms with E-state index in [1.165, 1.54) is 0 Å². The molecule has 3 nitrogen and oxygen atoms in total. The van der Waals surface area contributed by atoms with Crippen LogP contribution in [0.1, 0.15) is 0 Å². The number of halogens is 4. The lowest BCUT2D eigenvalue weighted by atomic mass is 11.6. The van der Waals surface area contributed by atoms with Crippen molar-refractivity contribution in [2.24, 2.45) is 0 Å². The number of hydrogen-bond donors (Lipinski definition) is 1. The molecule has 0 bridgehead atoms. The van der Waals surface area contributed by atoms with Gasteiger partial charge in [-0.25, -0.2) is 0 Å². The molecule has 0 aromatic carbocycles. The summed E-state index contributed by atoms with van der Waals surface area (Å²) < 4.78 is 67.0. The molecule has 64 valence electrons. The highest BCUT2D eigenvalue weighted by Gasteiger charge is 2.44. The summed E-state index contributed by atoms with van der Waals surface area (Å²) in [6, 6.07) is 0. The first-order valence-corrected chi connectivity index (χ1v) is 3.11. The summed E-state index contributed by atoms with van der Waals surface area (Å²) in [6.45, 7) is 0. The van der Waals surface area contributed by atoms with Crippen LogP contribution in [0.15, 0.2) is 0 Å². The Labute approximate surface area is 54.4 Å². The van der Waals surface area contributed by atoms with E-state index >= 15 is 0 Å². The maximum Gasteiger partial charge on any atom is 0.522 e. The summed E-state index contributed by atoms with van der Waals surface area (Å²) in [5.41, 5.74) is -5.53. The van der Waals surface area contributed by atoms with Gasteiger partial charge in [0.05, 0.1) is 7.18 Å². The minimum absolute atomic E-state index is 0.500. The maximum atomic E-state index is 10.7. The summed E-state index contributed by atoms with van der Waals surface area (Å²) in [4.78, 5) is 0. The molecule has 1 N–H and O–H groups in total. The molecule has 0 unspecified atom stereocenters. The van der Waals surface area contributed by atoms with Crippen molar-refractivity contribution in [1.29, 1.82) is 0 Å². The van der Waals surface area contributed by atoms with Crippen molar-refractivity contribution in [1.82, 2.24) is 0 Å². The molecule has 10 heavy (non-hydrogen) atoms. The summed E-state index contributed by atoms with van der Waals surface area (Å²) in [5.74, 6) is 0. The van der Waals surface area contributed by atoms with Gasteiger partial charge in [0.1, 0.15) is 0 Å². The van der Waals surface area contributed by atoms with E-state index in [2.05, 4.69) is 0 Å². The molecule has 0 radical (unpaired) electrons. The summed E-state index contributed by atoms with van der Waals surface area (Å²) in [6.07, 6.45) is 0. The molecule has 0 heterocycles. The molecule has 0 aromatic heterocycles. The van der Waals surface area contributed by atoms with Gasteiger partial charge in [0, 0.05) is 0 Å². The van der Waals surface area contributed by atoms with Gasteiger partial charge in [0.25, 0.3) is 0 Å². The van der Waals surface area contributed by atoms with Crippen LogP contribution in [0.5, 0.6) is 0 Å². The largest absolute Gasteiger partial charge is 0.522 e. The summed E-state index contributed by atoms with van der Waals surface area (Å²) in [5, 5.41) is 0. The van der Waals surface area contributed by atoms with Gasteiger partial charge in [0.2, 0.25) is 0 Å². The zero-order valence-corrected chi connectivity index (χ0v) is 5.50. The SMILES string of the molecule is CF.O=S(=O)(O)C(F)(F)F. The third kappa shape index (κ3) is 4.50. The zero-order chi connectivity index (χ0) is 9.00. The van der Waals surface area contributed by atoms with Crippen LogP contribution in [0.3, 0.4) is 0 Å². The Morgan fingerprint density at radius 1 is 1.20 bits per heavy atom. The average molecular weight is 184 g/mol. The molecule has 0 atom stereocenters. The Balaban J connectivity index is 0. The fraction of sp³-hybridized carbons (Fsp3) is 1.00. The molecule has 0 aromatic rings. The highest BCUT2D eigenvalue weighted by molar-refractivity contribution is 7.86. The molecule has 0 saturated carbocycles. The third-order valence-electron chi connectivity index (χ3n) is 0.292. The van der Waals surface area contributed by atoms with Gasteiger partial charge >= 0.3 is 15.6 Å². The Morgan fingerprint density at radius 2 is 1.30 bits per heavy atom. The molecule has 0 amide bonds. The minimum atomic E-state index is -5.84. The normalized spacial score (nSPS) is 11.8. The average Bonchev–Trinajstić information content (AvgIpc) is 1.66. The van der Waals surface area contributed by atoms with Crippen LogP contribution in [0.4, 0.5) is 17.6 Å². The van der Waals surface area contributed by atoms with Crippen LogP contribution in [0, 0.1) is 0 Å². The van der Waals surface area contributed by atoms with Crippen molar-refractivity contribution in [3.05, 3.63) is 0 Å². The molecule has 0 aliphatic heterocycles. The Bertz CT molecular complexity index is 167. The van der Waals surface area contributed by atoms with E-state index < -0.39 is 15.6 Å². The van der Waals surface area contributed by atoms with Crippen molar-refractivity contribution >= 4 is 10.1 Å². The van der Waals surface area contributed by atoms with Crippen molar-refractivity contribution in [3.8, 4) is 0 Å². The third-order valence-corrected chi connectivity index (χ3v) is 0.877. The van der Waals surface area contributed by atoms with E-state index in [0.29, 0.717) is 7.18 Å². The second-order valence-electron chi connectivity index (χ2n) is 0.921. The number of alkyl halides is 4. The number of rotatable bonds is 0. The summed E-state index contributed by atoms with van der Waals surface area (Å²) in [7, 11) is -5.34. The first-order chi connectivity index (χ1) is 4.25. The van der Waals surface area contributed by atoms with Gasteiger partial charge in [-0.3, -0.25) is 8.94 Å². The van der Waals surface area contributed by atoms with Gasteiger partial charge in [-0.2, -0.15) is 21.6 Å². The van der Waals surface area contributed by atoms with Gasteiger partial charge < -0.3 is 0 Å². The highest BCUT2D eigenvalue weighted by Crippen LogP contribution is 2.20. The van der Waals surface area contributed by atoms with E-state index in [-0.39, 0.29) is 0 Å². The van der Waals surface area contributed by atoms with Crippen LogP contribution in [0.2, 0.25) is 0 Å². The topological polar surface area (TPSA) is 54.4 Å². The van der Waals surface area contributed by atoms with Crippen molar-refractivity contribution < 1.29 is 30.5 Å². The van der Waals surface area contributed by atoms with Gasteiger partial charge in [-0.05, 0) is 0 Å². The highest BCUT2D eigenvalue weighted by atomic mass is 32.2. The van der Waals surface area contributed by atoms with E-state index in [0.717, 1.165) is 0 Å². The zero-order valence-electron chi connectivity index (χ0n) is 4.68. The van der Waals surface area contributed by atoms with Crippen molar-refractivity contribution in [2.45, 2.75) is 5.51 Å². The fourth-order valence-electron chi connectivity index (χ4n) is 0. The molecule has 0 saturated heterocycles. The lowest BCUT2D eigenvalue weighted by Gasteiger charge is -1.97. The Morgan fingerprint density at radius 3 is 1.30 bits per heavy atom. The first-order valence-electron chi connectivity index (χ1n) is 1.66. The smallest absolute Gasteiger partial charge is 0.279 e. The van der Waals surface area contributed by atoms with Gasteiger partial charge in [-0.1, -0.05) is 0 Å². The van der Waals surface area contributed by atoms with Crippen LogP contribution >= 0.6 is 0 Å². The van der Waals surface area contributed by atoms with Crippen molar-refractivity contribution in [2.75, 3.05) is 7.18 Å². The van der Waals surface area contributed by atoms with E-state index in [1.807, 2.05) is 0 Å². The monoisotopic (exact) mass is 184 g/mol. The predicted octanol–water partition coefficient (Wildman–Crippen LogP) is 0.980. The second-order valence-corrected chi connectivity index (χ2v) is 2.33. The lowest BCUT2D eigenvalue weighted by molar-refractivity contribution is -0.0510. The Kier molecular flexibility index (Phi) is 4.58. The predicted molar refractivity (Wildman–Crippen MR) is 24.6 cm³/mol. The quantitative estimate of drug-likeness (QED) is 0.347. The van der Waals surface area contributed by atoms with Gasteiger partial charge in [0.15, 0.2) is 0 Å². The lowest BCUT2D eigenvalue weighted by Crippen LogP contribution is -2.21. The van der Waals surface area contributed by atoms with Gasteiger partial charge in [-0.15, -0.1) is 0 Å². The molecular formula is C2H4F4O3S. The maximum absolute atomic E-state index is 10.7. The van der Waals surface area contributed by atoms with Crippen LogP contribution in [-0.2, 0) is 10.1 Å².